The van der Waals surface area contributed by atoms with Gasteiger partial charge in [0.25, 0.3) is 0 Å². The second-order valence-electron chi connectivity index (χ2n) is 4.30. The molecule has 0 spiro atoms. The van der Waals surface area contributed by atoms with Crippen molar-refractivity contribution >= 4 is 29.2 Å². The highest BCUT2D eigenvalue weighted by atomic mass is 32.1. The van der Waals surface area contributed by atoms with Crippen LogP contribution in [0.15, 0.2) is 47.6 Å². The molecule has 6 nitrogen and oxygen atoms in total. The molecule has 0 amide bonds. The Kier molecular flexibility index (Phi) is 5.16. The Labute approximate surface area is 133 Å². The molecule has 0 fully saturated rings. The molecule has 0 bridgehead atoms. The highest BCUT2D eigenvalue weighted by molar-refractivity contribution is 7.80. The minimum atomic E-state index is -0.0720. The van der Waals surface area contributed by atoms with Crippen LogP contribution in [-0.2, 0) is 0 Å². The second kappa shape index (κ2) is 7.28. The van der Waals surface area contributed by atoms with Crippen molar-refractivity contribution in [1.82, 2.24) is 5.43 Å². The lowest BCUT2D eigenvalue weighted by Gasteiger charge is -2.08. The van der Waals surface area contributed by atoms with E-state index >= 15 is 0 Å². The first-order valence-electron chi connectivity index (χ1n) is 6.34. The lowest BCUT2D eigenvalue weighted by atomic mass is 10.2. The molecule has 0 saturated carbocycles. The molecule has 0 atom stereocenters. The monoisotopic (exact) mass is 317 g/mol. The van der Waals surface area contributed by atoms with Gasteiger partial charge in [0.05, 0.1) is 13.3 Å². The van der Waals surface area contributed by atoms with E-state index in [1.807, 2.05) is 18.2 Å². The van der Waals surface area contributed by atoms with Crippen molar-refractivity contribution in [3.05, 3.63) is 48.0 Å². The van der Waals surface area contributed by atoms with Crippen molar-refractivity contribution in [3.63, 3.8) is 0 Å². The molecule has 7 heteroatoms. The number of hydrogen-bond donors (Lipinski definition) is 4. The van der Waals surface area contributed by atoms with E-state index in [0.717, 1.165) is 5.69 Å². The predicted octanol–water partition coefficient (Wildman–Crippen LogP) is 2.43. The number of ether oxygens (including phenoxy) is 1. The summed E-state index contributed by atoms with van der Waals surface area (Å²) in [5.41, 5.74) is 3.85. The molecule has 0 radical (unpaired) electrons. The van der Waals surface area contributed by atoms with E-state index in [0.29, 0.717) is 16.4 Å². The number of anilines is 1. The first-order chi connectivity index (χ1) is 10.6. The van der Waals surface area contributed by atoms with Crippen molar-refractivity contribution in [2.24, 2.45) is 5.10 Å². The van der Waals surface area contributed by atoms with Gasteiger partial charge in [0, 0.05) is 23.4 Å². The maximum Gasteiger partial charge on any atom is 0.191 e. The van der Waals surface area contributed by atoms with E-state index in [9.17, 15) is 10.2 Å². The predicted molar refractivity (Wildman–Crippen MR) is 89.7 cm³/mol. The summed E-state index contributed by atoms with van der Waals surface area (Å²) in [6.45, 7) is 0. The van der Waals surface area contributed by atoms with E-state index in [2.05, 4.69) is 15.8 Å². The van der Waals surface area contributed by atoms with Gasteiger partial charge in [-0.25, -0.2) is 0 Å². The molecule has 0 aliphatic carbocycles. The maximum absolute atomic E-state index is 9.61. The largest absolute Gasteiger partial charge is 0.508 e. The molecule has 2 aromatic rings. The summed E-state index contributed by atoms with van der Waals surface area (Å²) < 4.78 is 5.12. The molecule has 0 unspecified atom stereocenters. The summed E-state index contributed by atoms with van der Waals surface area (Å²) >= 11 is 5.11. The summed E-state index contributed by atoms with van der Waals surface area (Å²) in [7, 11) is 1.59. The van der Waals surface area contributed by atoms with Crippen molar-refractivity contribution in [1.29, 1.82) is 0 Å². The van der Waals surface area contributed by atoms with Crippen LogP contribution >= 0.6 is 12.2 Å². The minimum Gasteiger partial charge on any atom is -0.508 e. The van der Waals surface area contributed by atoms with Crippen LogP contribution in [0.4, 0.5) is 5.69 Å². The number of phenolic OH excluding ortho intramolecular Hbond substituents is 2. The van der Waals surface area contributed by atoms with E-state index in [4.69, 9.17) is 17.0 Å². The fraction of sp³-hybridized carbons (Fsp3) is 0.0667. The fourth-order valence-electron chi connectivity index (χ4n) is 1.66. The number of nitrogens with zero attached hydrogens (tertiary/aromatic N) is 1. The number of nitrogens with one attached hydrogen (secondary N) is 2. The topological polar surface area (TPSA) is 86.1 Å². The van der Waals surface area contributed by atoms with E-state index < -0.39 is 0 Å². The standard InChI is InChI=1S/C15H15N3O3S/c1-21-13-4-2-3-11(7-13)17-15(22)18-16-9-10-5-6-12(19)8-14(10)20/h2-9,19-20H,1H3,(H2,17,18,22)/b16-9+. The Morgan fingerprint density at radius 3 is 2.77 bits per heavy atom. The number of hydrogen-bond acceptors (Lipinski definition) is 5. The van der Waals surface area contributed by atoms with Gasteiger partial charge in [0.1, 0.15) is 17.2 Å². The molecule has 0 aliphatic rings. The summed E-state index contributed by atoms with van der Waals surface area (Å²) in [4.78, 5) is 0. The summed E-state index contributed by atoms with van der Waals surface area (Å²) in [6.07, 6.45) is 1.40. The maximum atomic E-state index is 9.61. The first kappa shape index (κ1) is 15.6. The smallest absolute Gasteiger partial charge is 0.191 e. The van der Waals surface area contributed by atoms with Gasteiger partial charge in [0.2, 0.25) is 0 Å². The summed E-state index contributed by atoms with van der Waals surface area (Å²) in [5, 5.41) is 26.0. The Balaban J connectivity index is 1.93. The normalized spacial score (nSPS) is 10.4. The van der Waals surface area contributed by atoms with Crippen LogP contribution in [0.2, 0.25) is 0 Å². The van der Waals surface area contributed by atoms with Crippen molar-refractivity contribution in [2.45, 2.75) is 0 Å². The molecule has 0 heterocycles. The number of rotatable bonds is 4. The SMILES string of the molecule is COc1cccc(NC(=S)N/N=C/c2ccc(O)cc2O)c1. The van der Waals surface area contributed by atoms with Gasteiger partial charge in [-0.15, -0.1) is 0 Å². The van der Waals surface area contributed by atoms with Crippen molar-refractivity contribution < 1.29 is 14.9 Å². The van der Waals surface area contributed by atoms with Gasteiger partial charge in [-0.1, -0.05) is 6.07 Å². The second-order valence-corrected chi connectivity index (χ2v) is 4.71. The van der Waals surface area contributed by atoms with E-state index in [1.165, 1.54) is 24.4 Å². The van der Waals surface area contributed by atoms with Gasteiger partial charge in [0.15, 0.2) is 5.11 Å². The zero-order valence-corrected chi connectivity index (χ0v) is 12.6. The molecule has 4 N–H and O–H groups in total. The third-order valence-electron chi connectivity index (χ3n) is 2.71. The lowest BCUT2D eigenvalue weighted by Crippen LogP contribution is -2.23. The third-order valence-corrected chi connectivity index (χ3v) is 2.90. The van der Waals surface area contributed by atoms with Crippen LogP contribution < -0.4 is 15.5 Å². The zero-order valence-electron chi connectivity index (χ0n) is 11.8. The Morgan fingerprint density at radius 1 is 1.23 bits per heavy atom. The van der Waals surface area contributed by atoms with Crippen LogP contribution in [0.25, 0.3) is 0 Å². The van der Waals surface area contributed by atoms with E-state index in [1.54, 1.807) is 13.2 Å². The number of phenols is 2. The lowest BCUT2D eigenvalue weighted by molar-refractivity contribution is 0.415. The molecule has 0 aromatic heterocycles. The van der Waals surface area contributed by atoms with Gasteiger partial charge in [-0.2, -0.15) is 5.10 Å². The highest BCUT2D eigenvalue weighted by Gasteiger charge is 2.00. The molecule has 114 valence electrons. The third kappa shape index (κ3) is 4.35. The molecule has 2 rings (SSSR count). The summed E-state index contributed by atoms with van der Waals surface area (Å²) in [5.74, 6) is 0.625. The summed E-state index contributed by atoms with van der Waals surface area (Å²) in [6, 6.07) is 11.5. The number of thiocarbonyl (C=S) groups is 1. The Bertz CT molecular complexity index is 704. The van der Waals surface area contributed by atoms with Crippen LogP contribution in [0.3, 0.4) is 0 Å². The average molecular weight is 317 g/mol. The van der Waals surface area contributed by atoms with Crippen LogP contribution in [0.1, 0.15) is 5.56 Å². The van der Waals surface area contributed by atoms with Crippen LogP contribution in [0.5, 0.6) is 17.2 Å². The van der Waals surface area contributed by atoms with Gasteiger partial charge in [-0.3, -0.25) is 5.43 Å². The molecule has 2 aromatic carbocycles. The Morgan fingerprint density at radius 2 is 2.05 bits per heavy atom. The molecule has 22 heavy (non-hydrogen) atoms. The fourth-order valence-corrected chi connectivity index (χ4v) is 1.83. The number of methoxy groups -OCH3 is 1. The Hall–Kier alpha value is -2.80. The van der Waals surface area contributed by atoms with Gasteiger partial charge < -0.3 is 20.3 Å². The van der Waals surface area contributed by atoms with Gasteiger partial charge >= 0.3 is 0 Å². The number of hydrazone groups is 1. The minimum absolute atomic E-state index is 0.0159. The molecular formula is C15H15N3O3S. The van der Waals surface area contributed by atoms with E-state index in [-0.39, 0.29) is 11.5 Å². The average Bonchev–Trinajstić information content (AvgIpc) is 2.49. The molecule has 0 aliphatic heterocycles. The van der Waals surface area contributed by atoms with Crippen LogP contribution in [-0.4, -0.2) is 28.6 Å². The molecule has 0 saturated heterocycles. The number of benzene rings is 2. The van der Waals surface area contributed by atoms with Crippen molar-refractivity contribution in [3.8, 4) is 17.2 Å². The zero-order chi connectivity index (χ0) is 15.9. The van der Waals surface area contributed by atoms with Crippen LogP contribution in [0, 0.1) is 0 Å². The highest BCUT2D eigenvalue weighted by Crippen LogP contribution is 2.20. The van der Waals surface area contributed by atoms with Crippen molar-refractivity contribution in [2.75, 3.05) is 12.4 Å². The molecular weight excluding hydrogens is 302 g/mol. The first-order valence-corrected chi connectivity index (χ1v) is 6.75. The number of aromatic hydroxyl groups is 2. The quantitative estimate of drug-likeness (QED) is 0.394. The van der Waals surface area contributed by atoms with Gasteiger partial charge in [-0.05, 0) is 36.5 Å².